The highest BCUT2D eigenvalue weighted by Gasteiger charge is 2.24. The molecule has 0 unspecified atom stereocenters. The van der Waals surface area contributed by atoms with Crippen LogP contribution in [-0.2, 0) is 9.59 Å². The van der Waals surface area contributed by atoms with Crippen LogP contribution in [-0.4, -0.2) is 24.9 Å². The third-order valence-electron chi connectivity index (χ3n) is 3.28. The van der Waals surface area contributed by atoms with Crippen LogP contribution in [0.25, 0.3) is 11.1 Å². The van der Waals surface area contributed by atoms with Crippen LogP contribution in [0.15, 0.2) is 54.6 Å². The van der Waals surface area contributed by atoms with Gasteiger partial charge in [0.15, 0.2) is 0 Å². The fraction of sp³-hybridized carbons (Fsp3) is 0.125. The Bertz CT molecular complexity index is 637. The maximum absolute atomic E-state index is 11.5. The third kappa shape index (κ3) is 2.40. The second kappa shape index (κ2) is 5.17. The highest BCUT2D eigenvalue weighted by atomic mass is 16.2. The normalized spacial score (nSPS) is 15.1. The van der Waals surface area contributed by atoms with E-state index < -0.39 is 0 Å². The topological polar surface area (TPSA) is 49.4 Å². The molecule has 0 aromatic heterocycles. The molecule has 1 heterocycles. The lowest BCUT2D eigenvalue weighted by Gasteiger charge is -2.29. The number of imide groups is 1. The van der Waals surface area contributed by atoms with Crippen LogP contribution in [0, 0.1) is 0 Å². The molecular weight excluding hydrogens is 252 g/mol. The smallest absolute Gasteiger partial charge is 0.246 e. The van der Waals surface area contributed by atoms with Crippen molar-refractivity contribution in [3.05, 3.63) is 54.6 Å². The zero-order valence-electron chi connectivity index (χ0n) is 10.9. The molecular formula is C16H14N2O2. The number of nitrogens with one attached hydrogen (secondary N) is 1. The molecule has 2 aromatic rings. The summed E-state index contributed by atoms with van der Waals surface area (Å²) < 4.78 is 0. The number of carbonyl (C=O) groups excluding carboxylic acids is 2. The number of benzene rings is 2. The van der Waals surface area contributed by atoms with E-state index in [0.717, 1.165) is 16.8 Å². The Morgan fingerprint density at radius 3 is 2.10 bits per heavy atom. The first-order valence-corrected chi connectivity index (χ1v) is 6.46. The molecule has 3 rings (SSSR count). The van der Waals surface area contributed by atoms with Crippen LogP contribution in [0.3, 0.4) is 0 Å². The summed E-state index contributed by atoms with van der Waals surface area (Å²) >= 11 is 0. The molecule has 4 nitrogen and oxygen atoms in total. The maximum atomic E-state index is 11.5. The number of para-hydroxylation sites is 1. The summed E-state index contributed by atoms with van der Waals surface area (Å²) in [6.07, 6.45) is 0. The Morgan fingerprint density at radius 1 is 0.800 bits per heavy atom. The fourth-order valence-electron chi connectivity index (χ4n) is 2.42. The number of rotatable bonds is 2. The average molecular weight is 266 g/mol. The van der Waals surface area contributed by atoms with Crippen molar-refractivity contribution in [3.63, 3.8) is 0 Å². The lowest BCUT2D eigenvalue weighted by atomic mass is 10.0. The summed E-state index contributed by atoms with van der Waals surface area (Å²) in [5.41, 5.74) is 3.00. The van der Waals surface area contributed by atoms with Gasteiger partial charge in [-0.05, 0) is 11.6 Å². The van der Waals surface area contributed by atoms with E-state index in [1.807, 2.05) is 59.5 Å². The quantitative estimate of drug-likeness (QED) is 0.843. The van der Waals surface area contributed by atoms with Crippen LogP contribution in [0.4, 0.5) is 5.69 Å². The zero-order valence-corrected chi connectivity index (χ0v) is 10.9. The number of nitrogens with zero attached hydrogens (tertiary/aromatic N) is 1. The van der Waals surface area contributed by atoms with Crippen molar-refractivity contribution in [2.75, 3.05) is 18.0 Å². The van der Waals surface area contributed by atoms with Gasteiger partial charge in [-0.3, -0.25) is 14.9 Å². The molecule has 0 saturated carbocycles. The predicted molar refractivity (Wildman–Crippen MR) is 77.2 cm³/mol. The maximum Gasteiger partial charge on any atom is 0.246 e. The summed E-state index contributed by atoms with van der Waals surface area (Å²) in [5, 5.41) is 2.32. The second-order valence-corrected chi connectivity index (χ2v) is 4.71. The molecule has 1 saturated heterocycles. The van der Waals surface area contributed by atoms with E-state index in [2.05, 4.69) is 5.32 Å². The van der Waals surface area contributed by atoms with Gasteiger partial charge in [0.05, 0.1) is 13.1 Å². The zero-order chi connectivity index (χ0) is 13.9. The number of carbonyl (C=O) groups is 2. The number of amides is 2. The molecule has 4 heteroatoms. The minimum absolute atomic E-state index is 0.204. The minimum Gasteiger partial charge on any atom is -0.352 e. The summed E-state index contributed by atoms with van der Waals surface area (Å²) in [5.74, 6) is -0.520. The van der Waals surface area contributed by atoms with Gasteiger partial charge >= 0.3 is 0 Å². The van der Waals surface area contributed by atoms with Gasteiger partial charge in [-0.15, -0.1) is 0 Å². The monoisotopic (exact) mass is 266 g/mol. The van der Waals surface area contributed by atoms with Crippen molar-refractivity contribution in [1.82, 2.24) is 5.32 Å². The predicted octanol–water partition coefficient (Wildman–Crippen LogP) is 1.82. The van der Waals surface area contributed by atoms with Crippen molar-refractivity contribution >= 4 is 17.5 Å². The van der Waals surface area contributed by atoms with E-state index in [9.17, 15) is 9.59 Å². The van der Waals surface area contributed by atoms with Gasteiger partial charge in [-0.1, -0.05) is 48.5 Å². The Morgan fingerprint density at radius 2 is 1.40 bits per heavy atom. The Labute approximate surface area is 117 Å². The molecule has 2 aromatic carbocycles. The van der Waals surface area contributed by atoms with Crippen LogP contribution in [0.5, 0.6) is 0 Å². The number of hydrogen-bond acceptors (Lipinski definition) is 3. The van der Waals surface area contributed by atoms with Crippen molar-refractivity contribution in [1.29, 1.82) is 0 Å². The fourth-order valence-corrected chi connectivity index (χ4v) is 2.42. The van der Waals surface area contributed by atoms with E-state index in [4.69, 9.17) is 0 Å². The van der Waals surface area contributed by atoms with E-state index >= 15 is 0 Å². The molecule has 1 aliphatic rings. The lowest BCUT2D eigenvalue weighted by molar-refractivity contribution is -0.130. The highest BCUT2D eigenvalue weighted by Crippen LogP contribution is 2.30. The van der Waals surface area contributed by atoms with E-state index in [1.54, 1.807) is 0 Å². The number of anilines is 1. The Balaban J connectivity index is 2.02. The standard InChI is InChI=1S/C16H14N2O2/c19-15-10-18(11-16(20)17-15)14-9-5-4-8-13(14)12-6-2-1-3-7-12/h1-9H,10-11H2,(H,17,19,20). The van der Waals surface area contributed by atoms with Gasteiger partial charge in [0.25, 0.3) is 0 Å². The van der Waals surface area contributed by atoms with Gasteiger partial charge in [0.2, 0.25) is 11.8 Å². The molecule has 0 aliphatic carbocycles. The Hall–Kier alpha value is -2.62. The Kier molecular flexibility index (Phi) is 3.21. The third-order valence-corrected chi connectivity index (χ3v) is 3.28. The summed E-state index contributed by atoms with van der Waals surface area (Å²) in [6.45, 7) is 0.408. The SMILES string of the molecule is O=C1CN(c2ccccc2-c2ccccc2)CC(=O)N1. The van der Waals surface area contributed by atoms with Crippen LogP contribution >= 0.6 is 0 Å². The molecule has 0 spiro atoms. The molecule has 100 valence electrons. The van der Waals surface area contributed by atoms with Gasteiger partial charge in [0.1, 0.15) is 0 Å². The number of piperazine rings is 1. The number of hydrogen-bond donors (Lipinski definition) is 1. The van der Waals surface area contributed by atoms with E-state index in [1.165, 1.54) is 0 Å². The van der Waals surface area contributed by atoms with Crippen LogP contribution < -0.4 is 10.2 Å². The average Bonchev–Trinajstić information content (AvgIpc) is 2.47. The first-order chi connectivity index (χ1) is 9.74. The molecule has 20 heavy (non-hydrogen) atoms. The van der Waals surface area contributed by atoms with Gasteiger partial charge in [0, 0.05) is 11.3 Å². The second-order valence-electron chi connectivity index (χ2n) is 4.71. The van der Waals surface area contributed by atoms with Crippen molar-refractivity contribution in [2.45, 2.75) is 0 Å². The highest BCUT2D eigenvalue weighted by molar-refractivity contribution is 6.03. The molecule has 1 fully saturated rings. The van der Waals surface area contributed by atoms with Crippen molar-refractivity contribution < 1.29 is 9.59 Å². The van der Waals surface area contributed by atoms with Crippen molar-refractivity contribution in [2.24, 2.45) is 0 Å². The largest absolute Gasteiger partial charge is 0.352 e. The molecule has 1 aliphatic heterocycles. The summed E-state index contributed by atoms with van der Waals surface area (Å²) in [7, 11) is 0. The van der Waals surface area contributed by atoms with Gasteiger partial charge in [-0.2, -0.15) is 0 Å². The van der Waals surface area contributed by atoms with E-state index in [-0.39, 0.29) is 24.9 Å². The van der Waals surface area contributed by atoms with Gasteiger partial charge < -0.3 is 4.90 Å². The van der Waals surface area contributed by atoms with Crippen LogP contribution in [0.2, 0.25) is 0 Å². The molecule has 0 bridgehead atoms. The molecule has 0 radical (unpaired) electrons. The molecule has 0 atom stereocenters. The summed E-state index contributed by atoms with van der Waals surface area (Å²) in [6, 6.07) is 17.8. The van der Waals surface area contributed by atoms with Crippen molar-refractivity contribution in [3.8, 4) is 11.1 Å². The van der Waals surface area contributed by atoms with Crippen LogP contribution in [0.1, 0.15) is 0 Å². The minimum atomic E-state index is -0.260. The molecule has 1 N–H and O–H groups in total. The lowest BCUT2D eigenvalue weighted by Crippen LogP contribution is -2.51. The molecule has 2 amide bonds. The first-order valence-electron chi connectivity index (χ1n) is 6.46. The summed E-state index contributed by atoms with van der Waals surface area (Å²) in [4.78, 5) is 24.9. The van der Waals surface area contributed by atoms with Gasteiger partial charge in [-0.25, -0.2) is 0 Å². The first kappa shape index (κ1) is 12.4. The van der Waals surface area contributed by atoms with E-state index in [0.29, 0.717) is 0 Å².